The smallest absolute Gasteiger partial charge is 0.314 e. The van der Waals surface area contributed by atoms with Crippen LogP contribution in [-0.4, -0.2) is 4.92 Å². The van der Waals surface area contributed by atoms with Crippen LogP contribution in [0.25, 0.3) is 0 Å². The second-order valence-corrected chi connectivity index (χ2v) is 4.40. The van der Waals surface area contributed by atoms with Gasteiger partial charge in [0.15, 0.2) is 0 Å². The Balaban J connectivity index is 2.48. The van der Waals surface area contributed by atoms with Crippen LogP contribution in [0.5, 0.6) is 11.5 Å². The predicted molar refractivity (Wildman–Crippen MR) is 73.9 cm³/mol. The number of halogens is 2. The zero-order chi connectivity index (χ0) is 14.7. The molecule has 4 nitrogen and oxygen atoms in total. The number of nitro benzene ring substituents is 1. The predicted octanol–water partition coefficient (Wildman–Crippen LogP) is 4.57. The Morgan fingerprint density at radius 3 is 2.55 bits per heavy atom. The van der Waals surface area contributed by atoms with Crippen LogP contribution in [0.4, 0.5) is 10.1 Å². The molecule has 0 atom stereocenters. The number of nitrogens with zero attached hydrogens (tertiary/aromatic N) is 1. The van der Waals surface area contributed by atoms with Crippen molar-refractivity contribution in [1.29, 1.82) is 0 Å². The maximum absolute atomic E-state index is 13.6. The Morgan fingerprint density at radius 1 is 1.25 bits per heavy atom. The number of rotatable bonds is 4. The van der Waals surface area contributed by atoms with E-state index in [0.717, 1.165) is 0 Å². The van der Waals surface area contributed by atoms with E-state index in [-0.39, 0.29) is 28.6 Å². The Hall–Kier alpha value is -2.14. The molecule has 0 N–H and O–H groups in total. The molecule has 104 valence electrons. The molecule has 2 aromatic rings. The first kappa shape index (κ1) is 14.3. The number of aryl methyl sites for hydroxylation is 1. The standard InChI is InChI=1S/C14H11ClFNO3/c1-9-4-2-7-13(14(9)17(18)19)20-12-6-3-5-11(16)10(12)8-15/h2-7H,8H2,1H3. The van der Waals surface area contributed by atoms with E-state index < -0.39 is 10.7 Å². The summed E-state index contributed by atoms with van der Waals surface area (Å²) in [5.74, 6) is -0.352. The molecule has 0 aromatic heterocycles. The van der Waals surface area contributed by atoms with E-state index in [4.69, 9.17) is 16.3 Å². The summed E-state index contributed by atoms with van der Waals surface area (Å²) < 4.78 is 19.1. The Labute approximate surface area is 119 Å². The lowest BCUT2D eigenvalue weighted by atomic mass is 10.2. The third-order valence-electron chi connectivity index (χ3n) is 2.81. The van der Waals surface area contributed by atoms with Crippen molar-refractivity contribution >= 4 is 17.3 Å². The number of hydrogen-bond donors (Lipinski definition) is 0. The van der Waals surface area contributed by atoms with Gasteiger partial charge in [0.1, 0.15) is 11.6 Å². The fourth-order valence-corrected chi connectivity index (χ4v) is 2.09. The SMILES string of the molecule is Cc1cccc(Oc2cccc(F)c2CCl)c1[N+](=O)[O-]. The zero-order valence-corrected chi connectivity index (χ0v) is 11.4. The van der Waals surface area contributed by atoms with Crippen molar-refractivity contribution in [3.05, 3.63) is 63.5 Å². The van der Waals surface area contributed by atoms with Gasteiger partial charge in [-0.3, -0.25) is 10.1 Å². The van der Waals surface area contributed by atoms with E-state index >= 15 is 0 Å². The number of ether oxygens (including phenoxy) is 1. The molecule has 0 saturated heterocycles. The lowest BCUT2D eigenvalue weighted by Gasteiger charge is -2.11. The molecule has 0 aliphatic carbocycles. The van der Waals surface area contributed by atoms with E-state index in [2.05, 4.69) is 0 Å². The minimum absolute atomic E-state index is 0.0620. The minimum Gasteiger partial charge on any atom is -0.450 e. The van der Waals surface area contributed by atoms with Crippen LogP contribution < -0.4 is 4.74 Å². The molecule has 2 rings (SSSR count). The summed E-state index contributed by atoms with van der Waals surface area (Å²) in [6, 6.07) is 8.95. The van der Waals surface area contributed by atoms with Crippen molar-refractivity contribution in [2.75, 3.05) is 0 Å². The highest BCUT2D eigenvalue weighted by atomic mass is 35.5. The van der Waals surface area contributed by atoms with Crippen LogP contribution in [0.3, 0.4) is 0 Å². The highest BCUT2D eigenvalue weighted by molar-refractivity contribution is 6.17. The highest BCUT2D eigenvalue weighted by Gasteiger charge is 2.20. The molecule has 0 unspecified atom stereocenters. The van der Waals surface area contributed by atoms with E-state index in [0.29, 0.717) is 5.56 Å². The summed E-state index contributed by atoms with van der Waals surface area (Å²) in [6.45, 7) is 1.61. The zero-order valence-electron chi connectivity index (χ0n) is 10.6. The van der Waals surface area contributed by atoms with Crippen LogP contribution in [0.1, 0.15) is 11.1 Å². The molecule has 0 aliphatic heterocycles. The Kier molecular flexibility index (Phi) is 4.20. The maximum Gasteiger partial charge on any atom is 0.314 e. The van der Waals surface area contributed by atoms with Gasteiger partial charge < -0.3 is 4.74 Å². The van der Waals surface area contributed by atoms with Crippen LogP contribution in [0, 0.1) is 22.9 Å². The topological polar surface area (TPSA) is 52.4 Å². The highest BCUT2D eigenvalue weighted by Crippen LogP contribution is 2.36. The van der Waals surface area contributed by atoms with Crippen molar-refractivity contribution < 1.29 is 14.1 Å². The lowest BCUT2D eigenvalue weighted by molar-refractivity contribution is -0.386. The fourth-order valence-electron chi connectivity index (χ4n) is 1.83. The Morgan fingerprint density at radius 2 is 1.90 bits per heavy atom. The molecule has 0 bridgehead atoms. The Bertz CT molecular complexity index is 661. The first-order chi connectivity index (χ1) is 9.54. The van der Waals surface area contributed by atoms with Gasteiger partial charge in [-0.15, -0.1) is 11.6 Å². The summed E-state index contributed by atoms with van der Waals surface area (Å²) in [6.07, 6.45) is 0. The van der Waals surface area contributed by atoms with E-state index in [1.807, 2.05) is 0 Å². The molecule has 0 spiro atoms. The van der Waals surface area contributed by atoms with Crippen molar-refractivity contribution in [1.82, 2.24) is 0 Å². The van der Waals surface area contributed by atoms with Gasteiger partial charge in [-0.25, -0.2) is 4.39 Å². The number of alkyl halides is 1. The molecule has 0 heterocycles. The minimum atomic E-state index is -0.523. The van der Waals surface area contributed by atoms with E-state index in [1.54, 1.807) is 19.1 Å². The number of para-hydroxylation sites is 1. The summed E-state index contributed by atoms with van der Waals surface area (Å²) in [4.78, 5) is 10.6. The van der Waals surface area contributed by atoms with Crippen molar-refractivity contribution in [2.24, 2.45) is 0 Å². The second kappa shape index (κ2) is 5.88. The van der Waals surface area contributed by atoms with E-state index in [1.165, 1.54) is 24.3 Å². The van der Waals surface area contributed by atoms with Gasteiger partial charge in [0.05, 0.1) is 10.8 Å². The first-order valence-electron chi connectivity index (χ1n) is 5.79. The van der Waals surface area contributed by atoms with Crippen LogP contribution in [-0.2, 0) is 5.88 Å². The molecule has 6 heteroatoms. The van der Waals surface area contributed by atoms with Crippen LogP contribution >= 0.6 is 11.6 Å². The van der Waals surface area contributed by atoms with Crippen molar-refractivity contribution in [3.8, 4) is 11.5 Å². The molecule has 0 fully saturated rings. The van der Waals surface area contributed by atoms with Gasteiger partial charge in [-0.05, 0) is 25.1 Å². The van der Waals surface area contributed by atoms with Crippen molar-refractivity contribution in [3.63, 3.8) is 0 Å². The van der Waals surface area contributed by atoms with Crippen molar-refractivity contribution in [2.45, 2.75) is 12.8 Å². The average molecular weight is 296 g/mol. The second-order valence-electron chi connectivity index (χ2n) is 4.13. The monoisotopic (exact) mass is 295 g/mol. The van der Waals surface area contributed by atoms with Crippen LogP contribution in [0.15, 0.2) is 36.4 Å². The summed E-state index contributed by atoms with van der Waals surface area (Å²) in [7, 11) is 0. The third kappa shape index (κ3) is 2.72. The summed E-state index contributed by atoms with van der Waals surface area (Å²) in [5.41, 5.74) is 0.499. The first-order valence-corrected chi connectivity index (χ1v) is 6.33. The van der Waals surface area contributed by atoms with Gasteiger partial charge in [0, 0.05) is 11.1 Å². The van der Waals surface area contributed by atoms with Gasteiger partial charge >= 0.3 is 5.69 Å². The molecule has 0 saturated carbocycles. The quantitative estimate of drug-likeness (QED) is 0.471. The van der Waals surface area contributed by atoms with Gasteiger partial charge in [-0.2, -0.15) is 0 Å². The molecule has 0 amide bonds. The lowest BCUT2D eigenvalue weighted by Crippen LogP contribution is -1.98. The molecule has 2 aromatic carbocycles. The fraction of sp³-hybridized carbons (Fsp3) is 0.143. The molecule has 0 radical (unpaired) electrons. The third-order valence-corrected chi connectivity index (χ3v) is 3.08. The molecular weight excluding hydrogens is 285 g/mol. The summed E-state index contributed by atoms with van der Waals surface area (Å²) >= 11 is 5.68. The molecule has 0 aliphatic rings. The maximum atomic E-state index is 13.6. The van der Waals surface area contributed by atoms with Gasteiger partial charge in [0.25, 0.3) is 0 Å². The molecule has 20 heavy (non-hydrogen) atoms. The van der Waals surface area contributed by atoms with Gasteiger partial charge in [-0.1, -0.05) is 18.2 Å². The summed E-state index contributed by atoms with van der Waals surface area (Å²) in [5, 5.41) is 11.1. The number of hydrogen-bond acceptors (Lipinski definition) is 3. The number of benzene rings is 2. The van der Waals surface area contributed by atoms with Gasteiger partial charge in [0.2, 0.25) is 5.75 Å². The van der Waals surface area contributed by atoms with E-state index in [9.17, 15) is 14.5 Å². The average Bonchev–Trinajstić information content (AvgIpc) is 2.38. The van der Waals surface area contributed by atoms with Crippen LogP contribution in [0.2, 0.25) is 0 Å². The molecular formula is C14H11ClFNO3. The normalized spacial score (nSPS) is 10.3. The number of nitro groups is 1. The largest absolute Gasteiger partial charge is 0.450 e.